The van der Waals surface area contributed by atoms with E-state index in [0.29, 0.717) is 12.1 Å². The van der Waals surface area contributed by atoms with Gasteiger partial charge in [-0.1, -0.05) is 27.2 Å². The van der Waals surface area contributed by atoms with Gasteiger partial charge in [-0.3, -0.25) is 0 Å². The summed E-state index contributed by atoms with van der Waals surface area (Å²) in [6.45, 7) is 10.6. The fourth-order valence-corrected chi connectivity index (χ4v) is 1.24. The summed E-state index contributed by atoms with van der Waals surface area (Å²) in [6.07, 6.45) is 3.94. The zero-order valence-electron chi connectivity index (χ0n) is 9.60. The first-order chi connectivity index (χ1) is 6.16. The van der Waals surface area contributed by atoms with Crippen molar-refractivity contribution in [1.29, 1.82) is 0 Å². The maximum atomic E-state index is 5.62. The largest absolute Gasteiger partial charge is 0.378 e. The van der Waals surface area contributed by atoms with Gasteiger partial charge in [-0.25, -0.2) is 0 Å². The molecule has 0 amide bonds. The van der Waals surface area contributed by atoms with Crippen LogP contribution in [0.1, 0.15) is 47.0 Å². The first kappa shape index (κ1) is 12.9. The minimum Gasteiger partial charge on any atom is -0.378 e. The lowest BCUT2D eigenvalue weighted by molar-refractivity contribution is 0.0581. The van der Waals surface area contributed by atoms with Crippen LogP contribution in [0.15, 0.2) is 0 Å². The van der Waals surface area contributed by atoms with Gasteiger partial charge >= 0.3 is 0 Å². The van der Waals surface area contributed by atoms with E-state index in [1.54, 1.807) is 0 Å². The van der Waals surface area contributed by atoms with Crippen LogP contribution in [0.3, 0.4) is 0 Å². The minimum atomic E-state index is 0.434. The molecule has 1 unspecified atom stereocenters. The second-order valence-electron chi connectivity index (χ2n) is 3.93. The highest BCUT2D eigenvalue weighted by atomic mass is 16.5. The first-order valence-corrected chi connectivity index (χ1v) is 5.51. The van der Waals surface area contributed by atoms with Crippen molar-refractivity contribution in [2.45, 2.75) is 59.1 Å². The summed E-state index contributed by atoms with van der Waals surface area (Å²) in [6, 6.07) is 0.591. The molecule has 0 aliphatic heterocycles. The van der Waals surface area contributed by atoms with Gasteiger partial charge in [-0.2, -0.15) is 0 Å². The van der Waals surface area contributed by atoms with Crippen LogP contribution in [0.4, 0.5) is 0 Å². The Kier molecular flexibility index (Phi) is 8.46. The molecule has 0 bridgehead atoms. The highest BCUT2D eigenvalue weighted by Gasteiger charge is 1.99. The molecule has 0 aromatic heterocycles. The summed E-state index contributed by atoms with van der Waals surface area (Å²) in [4.78, 5) is 0. The summed E-state index contributed by atoms with van der Waals surface area (Å²) < 4.78 is 5.62. The molecule has 0 spiro atoms. The van der Waals surface area contributed by atoms with Crippen molar-refractivity contribution in [2.24, 2.45) is 0 Å². The molecule has 0 heterocycles. The molecular weight excluding hydrogens is 162 g/mol. The molecule has 0 aliphatic rings. The Balaban J connectivity index is 3.06. The van der Waals surface area contributed by atoms with Crippen molar-refractivity contribution < 1.29 is 4.74 Å². The Hall–Kier alpha value is -0.0800. The Morgan fingerprint density at radius 2 is 1.92 bits per heavy atom. The van der Waals surface area contributed by atoms with E-state index in [4.69, 9.17) is 4.74 Å². The summed E-state index contributed by atoms with van der Waals surface area (Å²) in [7, 11) is 0. The van der Waals surface area contributed by atoms with Crippen LogP contribution >= 0.6 is 0 Å². The molecule has 1 atom stereocenters. The minimum absolute atomic E-state index is 0.434. The van der Waals surface area contributed by atoms with Gasteiger partial charge in [-0.15, -0.1) is 0 Å². The number of rotatable bonds is 8. The van der Waals surface area contributed by atoms with E-state index in [1.807, 2.05) is 0 Å². The highest BCUT2D eigenvalue weighted by molar-refractivity contribution is 4.53. The lowest BCUT2D eigenvalue weighted by Crippen LogP contribution is -2.25. The second kappa shape index (κ2) is 8.52. The topological polar surface area (TPSA) is 21.3 Å². The molecule has 0 aromatic rings. The van der Waals surface area contributed by atoms with Crippen LogP contribution in [0, 0.1) is 0 Å². The first-order valence-electron chi connectivity index (χ1n) is 5.51. The van der Waals surface area contributed by atoms with E-state index in [9.17, 15) is 0 Å². The molecule has 13 heavy (non-hydrogen) atoms. The predicted octanol–water partition coefficient (Wildman–Crippen LogP) is 2.58. The molecule has 0 saturated heterocycles. The molecule has 0 aliphatic carbocycles. The quantitative estimate of drug-likeness (QED) is 0.590. The molecule has 0 aromatic carbocycles. The molecule has 2 heteroatoms. The normalized spacial score (nSPS) is 13.6. The smallest absolute Gasteiger partial charge is 0.0546 e. The van der Waals surface area contributed by atoms with E-state index in [0.717, 1.165) is 19.6 Å². The van der Waals surface area contributed by atoms with E-state index >= 15 is 0 Å². The molecule has 0 fully saturated rings. The Morgan fingerprint density at radius 1 is 1.23 bits per heavy atom. The molecule has 0 radical (unpaired) electrons. The molecular formula is C11H25NO. The maximum absolute atomic E-state index is 5.62. The van der Waals surface area contributed by atoms with E-state index in [2.05, 4.69) is 33.0 Å². The molecule has 0 rings (SSSR count). The predicted molar refractivity (Wildman–Crippen MR) is 58.1 cm³/mol. The zero-order valence-corrected chi connectivity index (χ0v) is 9.60. The van der Waals surface area contributed by atoms with Crippen molar-refractivity contribution in [2.75, 3.05) is 13.2 Å². The lowest BCUT2D eigenvalue weighted by atomic mass is 10.2. The van der Waals surface area contributed by atoms with E-state index < -0.39 is 0 Å². The third-order valence-electron chi connectivity index (χ3n) is 1.97. The number of nitrogens with one attached hydrogen (secondary N) is 1. The van der Waals surface area contributed by atoms with Crippen molar-refractivity contribution >= 4 is 0 Å². The van der Waals surface area contributed by atoms with Crippen molar-refractivity contribution in [1.82, 2.24) is 5.32 Å². The summed E-state index contributed by atoms with van der Waals surface area (Å²) in [5.41, 5.74) is 0. The van der Waals surface area contributed by atoms with Crippen molar-refractivity contribution in [3.8, 4) is 0 Å². The van der Waals surface area contributed by atoms with Gasteiger partial charge in [0.25, 0.3) is 0 Å². The van der Waals surface area contributed by atoms with E-state index in [-0.39, 0.29) is 0 Å². The van der Waals surface area contributed by atoms with Crippen LogP contribution in [-0.4, -0.2) is 25.3 Å². The fraction of sp³-hybridized carbons (Fsp3) is 1.00. The van der Waals surface area contributed by atoms with Gasteiger partial charge in [0.15, 0.2) is 0 Å². The van der Waals surface area contributed by atoms with Gasteiger partial charge in [0.05, 0.1) is 6.10 Å². The summed E-state index contributed by atoms with van der Waals surface area (Å²) in [5, 5.41) is 3.37. The van der Waals surface area contributed by atoms with Crippen molar-refractivity contribution in [3.05, 3.63) is 0 Å². The third-order valence-corrected chi connectivity index (χ3v) is 1.97. The summed E-state index contributed by atoms with van der Waals surface area (Å²) in [5.74, 6) is 0. The maximum Gasteiger partial charge on any atom is 0.0546 e. The molecule has 2 nitrogen and oxygen atoms in total. The second-order valence-corrected chi connectivity index (χ2v) is 3.93. The van der Waals surface area contributed by atoms with E-state index in [1.165, 1.54) is 12.8 Å². The number of ether oxygens (including phenoxy) is 1. The third kappa shape index (κ3) is 9.84. The molecule has 1 N–H and O–H groups in total. The van der Waals surface area contributed by atoms with Gasteiger partial charge in [0.1, 0.15) is 0 Å². The van der Waals surface area contributed by atoms with Gasteiger partial charge in [-0.05, 0) is 26.3 Å². The van der Waals surface area contributed by atoms with Crippen molar-refractivity contribution in [3.63, 3.8) is 0 Å². The molecule has 80 valence electrons. The number of hydrogen-bond acceptors (Lipinski definition) is 2. The van der Waals surface area contributed by atoms with Crippen LogP contribution in [-0.2, 0) is 4.74 Å². The average Bonchev–Trinajstić information content (AvgIpc) is 2.03. The van der Waals surface area contributed by atoms with Gasteiger partial charge in [0.2, 0.25) is 0 Å². The monoisotopic (exact) mass is 187 g/mol. The van der Waals surface area contributed by atoms with Crippen LogP contribution < -0.4 is 5.32 Å². The average molecular weight is 187 g/mol. The lowest BCUT2D eigenvalue weighted by Gasteiger charge is -2.12. The highest BCUT2D eigenvalue weighted by Crippen LogP contribution is 2.00. The number of hydrogen-bond donors (Lipinski definition) is 1. The fourth-order valence-electron chi connectivity index (χ4n) is 1.24. The van der Waals surface area contributed by atoms with Gasteiger partial charge in [0, 0.05) is 12.6 Å². The van der Waals surface area contributed by atoms with Crippen LogP contribution in [0.5, 0.6) is 0 Å². The Morgan fingerprint density at radius 3 is 2.46 bits per heavy atom. The Labute approximate surface area is 83.1 Å². The Bertz CT molecular complexity index is 104. The SMILES string of the molecule is CCCC(C)OCCCNC(C)C. The standard InChI is InChI=1S/C11H25NO/c1-5-7-11(4)13-9-6-8-12-10(2)3/h10-12H,5-9H2,1-4H3. The summed E-state index contributed by atoms with van der Waals surface area (Å²) >= 11 is 0. The zero-order chi connectivity index (χ0) is 10.1. The van der Waals surface area contributed by atoms with Crippen LogP contribution in [0.25, 0.3) is 0 Å². The molecule has 0 saturated carbocycles. The van der Waals surface area contributed by atoms with Gasteiger partial charge < -0.3 is 10.1 Å². The van der Waals surface area contributed by atoms with Crippen LogP contribution in [0.2, 0.25) is 0 Å².